The fourth-order valence-corrected chi connectivity index (χ4v) is 2.25. The molecular weight excluding hydrogens is 346 g/mol. The minimum absolute atomic E-state index is 0.120. The number of aromatic nitrogens is 1. The number of anilines is 2. The first-order valence-corrected chi connectivity index (χ1v) is 6.83. The first kappa shape index (κ1) is 14.6. The van der Waals surface area contributed by atoms with Gasteiger partial charge in [0.05, 0.1) is 4.47 Å². The molecule has 2 rings (SSSR count). The van der Waals surface area contributed by atoms with Gasteiger partial charge in [0, 0.05) is 22.6 Å². The second kappa shape index (κ2) is 6.11. The maximum atomic E-state index is 11.9. The number of carbonyl (C=O) groups is 1. The van der Waals surface area contributed by atoms with E-state index < -0.39 is 0 Å². The Labute approximate surface area is 128 Å². The van der Waals surface area contributed by atoms with E-state index in [1.165, 1.54) is 16.8 Å². The molecule has 3 N–H and O–H groups in total. The number of pyridine rings is 1. The van der Waals surface area contributed by atoms with Crippen LogP contribution in [-0.4, -0.2) is 10.5 Å². The van der Waals surface area contributed by atoms with Gasteiger partial charge in [0.25, 0.3) is 5.56 Å². The largest absolute Gasteiger partial charge is 0.398 e. The van der Waals surface area contributed by atoms with Gasteiger partial charge in [0.2, 0.25) is 5.91 Å². The lowest BCUT2D eigenvalue weighted by atomic mass is 10.3. The molecule has 5 nitrogen and oxygen atoms in total. The molecule has 104 valence electrons. The maximum absolute atomic E-state index is 11.9. The summed E-state index contributed by atoms with van der Waals surface area (Å²) in [7, 11) is 0. The highest BCUT2D eigenvalue weighted by atomic mass is 79.9. The second-order valence-corrected chi connectivity index (χ2v) is 5.40. The van der Waals surface area contributed by atoms with Crippen LogP contribution in [0.25, 0.3) is 0 Å². The Morgan fingerprint density at radius 3 is 2.65 bits per heavy atom. The number of hydrogen-bond acceptors (Lipinski definition) is 3. The Bertz CT molecular complexity index is 698. The van der Waals surface area contributed by atoms with Crippen LogP contribution in [0.15, 0.2) is 45.8 Å². The zero-order chi connectivity index (χ0) is 14.7. The number of rotatable bonds is 3. The molecule has 1 aromatic carbocycles. The number of halogens is 2. The van der Waals surface area contributed by atoms with Gasteiger partial charge in [0.1, 0.15) is 6.54 Å². The summed E-state index contributed by atoms with van der Waals surface area (Å²) < 4.78 is 1.56. The number of nitrogens with one attached hydrogen (secondary N) is 1. The molecule has 0 atom stereocenters. The average molecular weight is 357 g/mol. The van der Waals surface area contributed by atoms with E-state index in [-0.39, 0.29) is 18.0 Å². The molecule has 7 heteroatoms. The number of carbonyl (C=O) groups excluding carboxylic acids is 1. The third-order valence-corrected chi connectivity index (χ3v) is 3.33. The van der Waals surface area contributed by atoms with Crippen molar-refractivity contribution in [3.05, 3.63) is 56.4 Å². The Hall–Kier alpha value is -1.79. The molecule has 0 saturated carbocycles. The summed E-state index contributed by atoms with van der Waals surface area (Å²) in [4.78, 5) is 23.7. The van der Waals surface area contributed by atoms with Crippen LogP contribution >= 0.6 is 27.5 Å². The molecule has 0 radical (unpaired) electrons. The summed E-state index contributed by atoms with van der Waals surface area (Å²) in [6.45, 7) is -0.120. The van der Waals surface area contributed by atoms with E-state index in [1.54, 1.807) is 24.3 Å². The van der Waals surface area contributed by atoms with Crippen molar-refractivity contribution in [1.29, 1.82) is 0 Å². The first-order chi connectivity index (χ1) is 9.45. The molecule has 0 saturated heterocycles. The standard InChI is InChI=1S/C13H11BrClN3O2/c14-11-5-9(16)6-18(13(11)20)7-12(19)17-10-3-1-8(15)2-4-10/h1-6H,7,16H2,(H,17,19). The molecule has 0 unspecified atom stereocenters. The third-order valence-electron chi connectivity index (χ3n) is 2.51. The fraction of sp³-hybridized carbons (Fsp3) is 0.0769. The lowest BCUT2D eigenvalue weighted by Crippen LogP contribution is -2.28. The quantitative estimate of drug-likeness (QED) is 0.887. The van der Waals surface area contributed by atoms with Gasteiger partial charge in [-0.15, -0.1) is 0 Å². The van der Waals surface area contributed by atoms with E-state index in [9.17, 15) is 9.59 Å². The van der Waals surface area contributed by atoms with Crippen molar-refractivity contribution in [2.24, 2.45) is 0 Å². The van der Waals surface area contributed by atoms with E-state index in [0.717, 1.165) is 0 Å². The van der Waals surface area contributed by atoms with Gasteiger partial charge in [-0.25, -0.2) is 0 Å². The Morgan fingerprint density at radius 1 is 1.35 bits per heavy atom. The normalized spacial score (nSPS) is 10.3. The highest BCUT2D eigenvalue weighted by molar-refractivity contribution is 9.10. The maximum Gasteiger partial charge on any atom is 0.265 e. The molecule has 20 heavy (non-hydrogen) atoms. The molecule has 1 heterocycles. The van der Waals surface area contributed by atoms with E-state index in [0.29, 0.717) is 20.9 Å². The lowest BCUT2D eigenvalue weighted by Gasteiger charge is -2.08. The van der Waals surface area contributed by atoms with E-state index >= 15 is 0 Å². The predicted molar refractivity (Wildman–Crippen MR) is 82.9 cm³/mol. The van der Waals surface area contributed by atoms with E-state index in [1.807, 2.05) is 0 Å². The minimum Gasteiger partial charge on any atom is -0.398 e. The summed E-state index contributed by atoms with van der Waals surface area (Å²) in [6, 6.07) is 8.19. The first-order valence-electron chi connectivity index (χ1n) is 5.66. The summed E-state index contributed by atoms with van der Waals surface area (Å²) in [5.41, 5.74) is 6.33. The fourth-order valence-electron chi connectivity index (χ4n) is 1.63. The summed E-state index contributed by atoms with van der Waals surface area (Å²) >= 11 is 8.86. The Balaban J connectivity index is 2.12. The molecule has 0 aliphatic heterocycles. The summed E-state index contributed by atoms with van der Waals surface area (Å²) in [5.74, 6) is -0.327. The highest BCUT2D eigenvalue weighted by Gasteiger charge is 2.08. The topological polar surface area (TPSA) is 77.1 Å². The van der Waals surface area contributed by atoms with Crippen LogP contribution in [0.5, 0.6) is 0 Å². The monoisotopic (exact) mass is 355 g/mol. The highest BCUT2D eigenvalue weighted by Crippen LogP contribution is 2.13. The van der Waals surface area contributed by atoms with Gasteiger partial charge in [-0.2, -0.15) is 0 Å². The lowest BCUT2D eigenvalue weighted by molar-refractivity contribution is -0.116. The predicted octanol–water partition coefficient (Wildman–Crippen LogP) is 2.49. The zero-order valence-corrected chi connectivity index (χ0v) is 12.6. The van der Waals surface area contributed by atoms with Crippen molar-refractivity contribution < 1.29 is 4.79 Å². The van der Waals surface area contributed by atoms with Gasteiger partial charge in [-0.05, 0) is 46.3 Å². The number of nitrogens with zero attached hydrogens (tertiary/aromatic N) is 1. The summed E-state index contributed by atoms with van der Waals surface area (Å²) in [6.07, 6.45) is 1.43. The van der Waals surface area contributed by atoms with Crippen molar-refractivity contribution in [3.8, 4) is 0 Å². The molecule has 1 aromatic heterocycles. The smallest absolute Gasteiger partial charge is 0.265 e. The zero-order valence-electron chi connectivity index (χ0n) is 10.3. The molecule has 0 fully saturated rings. The van der Waals surface area contributed by atoms with Crippen molar-refractivity contribution in [2.75, 3.05) is 11.1 Å². The number of benzene rings is 1. The van der Waals surface area contributed by atoms with Crippen molar-refractivity contribution in [2.45, 2.75) is 6.54 Å². The van der Waals surface area contributed by atoms with Crippen molar-refractivity contribution in [1.82, 2.24) is 4.57 Å². The van der Waals surface area contributed by atoms with Gasteiger partial charge in [0.15, 0.2) is 0 Å². The van der Waals surface area contributed by atoms with Crippen LogP contribution in [-0.2, 0) is 11.3 Å². The SMILES string of the molecule is Nc1cc(Br)c(=O)n(CC(=O)Nc2ccc(Cl)cc2)c1. The average Bonchev–Trinajstić information content (AvgIpc) is 2.38. The van der Waals surface area contributed by atoms with Crippen LogP contribution in [0.2, 0.25) is 5.02 Å². The van der Waals surface area contributed by atoms with Crippen LogP contribution in [0, 0.1) is 0 Å². The molecule has 0 bridgehead atoms. The minimum atomic E-state index is -0.327. The molecule has 0 aliphatic carbocycles. The van der Waals surface area contributed by atoms with Crippen molar-refractivity contribution in [3.63, 3.8) is 0 Å². The summed E-state index contributed by atoms with van der Waals surface area (Å²) in [5, 5.41) is 3.25. The number of hydrogen-bond donors (Lipinski definition) is 2. The molecule has 1 amide bonds. The number of nitrogens with two attached hydrogens (primary N) is 1. The van der Waals surface area contributed by atoms with Crippen LogP contribution < -0.4 is 16.6 Å². The number of amides is 1. The third kappa shape index (κ3) is 3.61. The molecule has 0 spiro atoms. The van der Waals surface area contributed by atoms with Gasteiger partial charge in [-0.1, -0.05) is 11.6 Å². The van der Waals surface area contributed by atoms with Gasteiger partial charge >= 0.3 is 0 Å². The van der Waals surface area contributed by atoms with Gasteiger partial charge in [-0.3, -0.25) is 9.59 Å². The Kier molecular flexibility index (Phi) is 4.46. The van der Waals surface area contributed by atoms with Crippen LogP contribution in [0.3, 0.4) is 0 Å². The second-order valence-electron chi connectivity index (χ2n) is 4.11. The van der Waals surface area contributed by atoms with E-state index in [2.05, 4.69) is 21.2 Å². The molecule has 2 aromatic rings. The van der Waals surface area contributed by atoms with Crippen LogP contribution in [0.1, 0.15) is 0 Å². The van der Waals surface area contributed by atoms with Crippen LogP contribution in [0.4, 0.5) is 11.4 Å². The van der Waals surface area contributed by atoms with Gasteiger partial charge < -0.3 is 15.6 Å². The van der Waals surface area contributed by atoms with Crippen molar-refractivity contribution >= 4 is 44.8 Å². The molecular formula is C13H11BrClN3O2. The van der Waals surface area contributed by atoms with E-state index in [4.69, 9.17) is 17.3 Å². The number of nitrogen functional groups attached to an aromatic ring is 1. The Morgan fingerprint density at radius 2 is 2.00 bits per heavy atom. The molecule has 0 aliphatic rings.